The highest BCUT2D eigenvalue weighted by molar-refractivity contribution is 14.1. The Morgan fingerprint density at radius 3 is 2.42 bits per heavy atom. The average molecular weight is 367 g/mol. The number of benzene rings is 2. The molecule has 0 unspecified atom stereocenters. The van der Waals surface area contributed by atoms with Crippen LogP contribution in [0.3, 0.4) is 0 Å². The van der Waals surface area contributed by atoms with Crippen molar-refractivity contribution in [1.82, 2.24) is 5.32 Å². The molecule has 0 aromatic heterocycles. The number of rotatable bonds is 3. The van der Waals surface area contributed by atoms with E-state index in [-0.39, 0.29) is 5.91 Å². The molecule has 19 heavy (non-hydrogen) atoms. The van der Waals surface area contributed by atoms with E-state index in [4.69, 9.17) is 5.73 Å². The zero-order chi connectivity index (χ0) is 13.8. The molecule has 0 fully saturated rings. The summed E-state index contributed by atoms with van der Waals surface area (Å²) in [5.74, 6) is -0.146. The van der Waals surface area contributed by atoms with Gasteiger partial charge in [-0.2, -0.15) is 0 Å². The smallest absolute Gasteiger partial charge is 0.251 e. The normalized spacial score (nSPS) is 10.0. The number of nitrogen functional groups attached to an aromatic ring is 1. The third kappa shape index (κ3) is 3.37. The van der Waals surface area contributed by atoms with Gasteiger partial charge in [-0.15, -0.1) is 0 Å². The van der Waals surface area contributed by atoms with Crippen LogP contribution in [0.5, 0.6) is 0 Å². The van der Waals surface area contributed by atoms with Crippen LogP contribution in [-0.4, -0.2) is 13.0 Å². The summed E-state index contributed by atoms with van der Waals surface area (Å²) in [4.78, 5) is 11.5. The maximum Gasteiger partial charge on any atom is 0.251 e. The van der Waals surface area contributed by atoms with Crippen molar-refractivity contribution < 1.29 is 4.79 Å². The van der Waals surface area contributed by atoms with Gasteiger partial charge in [0.2, 0.25) is 0 Å². The number of hydrogen-bond donors (Lipinski definition) is 3. The Kier molecular flexibility index (Phi) is 4.26. The third-order valence-corrected chi connectivity index (χ3v) is 3.38. The minimum Gasteiger partial charge on any atom is -0.397 e. The lowest BCUT2D eigenvalue weighted by molar-refractivity contribution is 0.0963. The first kappa shape index (κ1) is 13.7. The van der Waals surface area contributed by atoms with Crippen LogP contribution >= 0.6 is 22.6 Å². The summed E-state index contributed by atoms with van der Waals surface area (Å²) in [6, 6.07) is 13.2. The Labute approximate surface area is 125 Å². The quantitative estimate of drug-likeness (QED) is 0.577. The SMILES string of the molecule is CNC(=O)c1ccc(Nc2ccc(I)cc2)c(N)c1. The highest BCUT2D eigenvalue weighted by atomic mass is 127. The molecule has 0 bridgehead atoms. The number of carbonyl (C=O) groups excluding carboxylic acids is 1. The van der Waals surface area contributed by atoms with Gasteiger partial charge < -0.3 is 16.4 Å². The number of anilines is 3. The van der Waals surface area contributed by atoms with Crippen molar-refractivity contribution in [1.29, 1.82) is 0 Å². The lowest BCUT2D eigenvalue weighted by Crippen LogP contribution is -2.17. The second kappa shape index (κ2) is 5.92. The average Bonchev–Trinajstić information content (AvgIpc) is 2.42. The minimum absolute atomic E-state index is 0.146. The standard InChI is InChI=1S/C14H14IN3O/c1-17-14(19)9-2-7-13(12(16)8-9)18-11-5-3-10(15)4-6-11/h2-8,18H,16H2,1H3,(H,17,19). The van der Waals surface area contributed by atoms with Gasteiger partial charge in [-0.25, -0.2) is 0 Å². The monoisotopic (exact) mass is 367 g/mol. The van der Waals surface area contributed by atoms with E-state index in [2.05, 4.69) is 33.2 Å². The maximum absolute atomic E-state index is 11.5. The molecule has 0 saturated carbocycles. The molecule has 0 heterocycles. The van der Waals surface area contributed by atoms with Crippen LogP contribution in [0.2, 0.25) is 0 Å². The summed E-state index contributed by atoms with van der Waals surface area (Å²) in [7, 11) is 1.59. The third-order valence-electron chi connectivity index (χ3n) is 2.66. The number of carbonyl (C=O) groups is 1. The first-order chi connectivity index (χ1) is 9.10. The minimum atomic E-state index is -0.146. The summed E-state index contributed by atoms with van der Waals surface area (Å²) in [5.41, 5.74) is 8.78. The summed E-state index contributed by atoms with van der Waals surface area (Å²) in [6.07, 6.45) is 0. The van der Waals surface area contributed by atoms with Gasteiger partial charge >= 0.3 is 0 Å². The Morgan fingerprint density at radius 1 is 1.16 bits per heavy atom. The van der Waals surface area contributed by atoms with E-state index in [9.17, 15) is 4.79 Å². The van der Waals surface area contributed by atoms with Gasteiger partial charge in [-0.05, 0) is 65.1 Å². The molecule has 2 rings (SSSR count). The van der Waals surface area contributed by atoms with Crippen LogP contribution in [0.15, 0.2) is 42.5 Å². The van der Waals surface area contributed by atoms with Gasteiger partial charge in [0.25, 0.3) is 5.91 Å². The summed E-state index contributed by atoms with van der Waals surface area (Å²) < 4.78 is 1.17. The zero-order valence-electron chi connectivity index (χ0n) is 10.4. The first-order valence-electron chi connectivity index (χ1n) is 5.74. The van der Waals surface area contributed by atoms with Crippen molar-refractivity contribution in [3.05, 3.63) is 51.6 Å². The molecule has 0 saturated heterocycles. The number of hydrogen-bond acceptors (Lipinski definition) is 3. The molecule has 2 aromatic rings. The van der Waals surface area contributed by atoms with E-state index >= 15 is 0 Å². The van der Waals surface area contributed by atoms with Gasteiger partial charge in [0.05, 0.1) is 11.4 Å². The van der Waals surface area contributed by atoms with E-state index in [1.54, 1.807) is 25.2 Å². The highest BCUT2D eigenvalue weighted by Gasteiger charge is 2.06. The Bertz CT molecular complexity index is 596. The maximum atomic E-state index is 11.5. The molecule has 4 N–H and O–H groups in total. The Balaban J connectivity index is 2.22. The molecule has 0 atom stereocenters. The Morgan fingerprint density at radius 2 is 1.84 bits per heavy atom. The first-order valence-corrected chi connectivity index (χ1v) is 6.82. The molecule has 1 amide bonds. The molecule has 98 valence electrons. The molecule has 4 nitrogen and oxygen atoms in total. The van der Waals surface area contributed by atoms with E-state index in [0.29, 0.717) is 11.3 Å². The summed E-state index contributed by atoms with van der Waals surface area (Å²) >= 11 is 2.25. The molecule has 0 aliphatic carbocycles. The van der Waals surface area contributed by atoms with Gasteiger partial charge in [-0.3, -0.25) is 4.79 Å². The molecule has 0 aliphatic heterocycles. The van der Waals surface area contributed by atoms with Crippen LogP contribution in [0.1, 0.15) is 10.4 Å². The molecule has 0 radical (unpaired) electrons. The Hall–Kier alpha value is -1.76. The second-order valence-corrected chi connectivity index (χ2v) is 5.26. The van der Waals surface area contributed by atoms with Gasteiger partial charge in [-0.1, -0.05) is 0 Å². The molecular formula is C14H14IN3O. The van der Waals surface area contributed by atoms with E-state index < -0.39 is 0 Å². The van der Waals surface area contributed by atoms with Crippen molar-refractivity contribution in [3.63, 3.8) is 0 Å². The van der Waals surface area contributed by atoms with Crippen molar-refractivity contribution in [2.45, 2.75) is 0 Å². The van der Waals surface area contributed by atoms with Crippen molar-refractivity contribution >= 4 is 45.6 Å². The van der Waals surface area contributed by atoms with Gasteiger partial charge in [0.1, 0.15) is 0 Å². The fraction of sp³-hybridized carbons (Fsp3) is 0.0714. The number of amides is 1. The van der Waals surface area contributed by atoms with Crippen molar-refractivity contribution in [2.75, 3.05) is 18.1 Å². The second-order valence-electron chi connectivity index (χ2n) is 4.01. The van der Waals surface area contributed by atoms with Crippen LogP contribution in [0.4, 0.5) is 17.1 Å². The molecule has 0 spiro atoms. The van der Waals surface area contributed by atoms with Gasteiger partial charge in [0.15, 0.2) is 0 Å². The molecule has 5 heteroatoms. The van der Waals surface area contributed by atoms with E-state index in [1.807, 2.05) is 24.3 Å². The van der Waals surface area contributed by atoms with Crippen LogP contribution in [0, 0.1) is 3.57 Å². The number of nitrogens with two attached hydrogens (primary N) is 1. The lowest BCUT2D eigenvalue weighted by Gasteiger charge is -2.10. The predicted molar refractivity (Wildman–Crippen MR) is 86.7 cm³/mol. The van der Waals surface area contributed by atoms with E-state index in [0.717, 1.165) is 11.4 Å². The largest absolute Gasteiger partial charge is 0.397 e. The van der Waals surface area contributed by atoms with Gasteiger partial charge in [0, 0.05) is 21.9 Å². The van der Waals surface area contributed by atoms with Crippen LogP contribution < -0.4 is 16.4 Å². The molecular weight excluding hydrogens is 353 g/mol. The van der Waals surface area contributed by atoms with E-state index in [1.165, 1.54) is 3.57 Å². The fourth-order valence-corrected chi connectivity index (χ4v) is 2.01. The number of halogens is 1. The summed E-state index contributed by atoms with van der Waals surface area (Å²) in [5, 5.41) is 5.79. The highest BCUT2D eigenvalue weighted by Crippen LogP contribution is 2.24. The lowest BCUT2D eigenvalue weighted by atomic mass is 10.1. The zero-order valence-corrected chi connectivity index (χ0v) is 12.6. The predicted octanol–water partition coefficient (Wildman–Crippen LogP) is 2.98. The fourth-order valence-electron chi connectivity index (χ4n) is 1.65. The van der Waals surface area contributed by atoms with Crippen LogP contribution in [0.25, 0.3) is 0 Å². The molecule has 0 aliphatic rings. The van der Waals surface area contributed by atoms with Crippen molar-refractivity contribution in [2.24, 2.45) is 0 Å². The van der Waals surface area contributed by atoms with Crippen molar-refractivity contribution in [3.8, 4) is 0 Å². The topological polar surface area (TPSA) is 67.2 Å². The molecule has 2 aromatic carbocycles. The van der Waals surface area contributed by atoms with Crippen LogP contribution in [-0.2, 0) is 0 Å². The summed E-state index contributed by atoms with van der Waals surface area (Å²) in [6.45, 7) is 0. The number of nitrogens with one attached hydrogen (secondary N) is 2.